The van der Waals surface area contributed by atoms with Gasteiger partial charge in [-0.1, -0.05) is 17.3 Å². The number of nitrogens with zero attached hydrogens (tertiary/aromatic N) is 2. The first-order valence-electron chi connectivity index (χ1n) is 7.60. The summed E-state index contributed by atoms with van der Waals surface area (Å²) in [5.41, 5.74) is 1.67. The summed E-state index contributed by atoms with van der Waals surface area (Å²) in [5, 5.41) is 3.69. The summed E-state index contributed by atoms with van der Waals surface area (Å²) in [4.78, 5) is 18.9. The van der Waals surface area contributed by atoms with Gasteiger partial charge in [0.2, 0.25) is 0 Å². The summed E-state index contributed by atoms with van der Waals surface area (Å²) in [6.45, 7) is 6.46. The number of ether oxygens (including phenoxy) is 1. The topological polar surface area (TPSA) is 54.5 Å². The number of urea groups is 1. The van der Waals surface area contributed by atoms with Crippen LogP contribution in [0.3, 0.4) is 0 Å². The lowest BCUT2D eigenvalue weighted by molar-refractivity contribution is 0.248. The first kappa shape index (κ1) is 14.3. The van der Waals surface area contributed by atoms with Crippen molar-refractivity contribution in [1.82, 2.24) is 10.3 Å². The number of amides is 2. The summed E-state index contributed by atoms with van der Waals surface area (Å²) >= 11 is 1.53. The zero-order chi connectivity index (χ0) is 16.2. The van der Waals surface area contributed by atoms with E-state index < -0.39 is 5.54 Å². The van der Waals surface area contributed by atoms with Crippen molar-refractivity contribution >= 4 is 32.7 Å². The van der Waals surface area contributed by atoms with E-state index in [9.17, 15) is 4.79 Å². The van der Waals surface area contributed by atoms with Crippen LogP contribution in [0, 0.1) is 11.8 Å². The van der Waals surface area contributed by atoms with Crippen LogP contribution < -0.4 is 15.0 Å². The van der Waals surface area contributed by atoms with E-state index in [4.69, 9.17) is 9.72 Å². The maximum Gasteiger partial charge on any atom is 0.325 e. The summed E-state index contributed by atoms with van der Waals surface area (Å²) in [5.74, 6) is 6.99. The standard InChI is InChI=1S/C17H17N3O2S/c1-4-5-13-17(2,3)19-15(21)20(13)16-18-14-10-8-9-22-11(10)6-7-12(14)23-16/h6-7,13H,8-9H2,1-3H3,(H,19,21). The number of aromatic nitrogens is 1. The van der Waals surface area contributed by atoms with Gasteiger partial charge in [-0.15, -0.1) is 5.92 Å². The van der Waals surface area contributed by atoms with Crippen LogP contribution in [0.2, 0.25) is 0 Å². The van der Waals surface area contributed by atoms with Crippen LogP contribution in [-0.4, -0.2) is 29.2 Å². The molecule has 23 heavy (non-hydrogen) atoms. The van der Waals surface area contributed by atoms with Gasteiger partial charge in [-0.05, 0) is 32.9 Å². The fraction of sp³-hybridized carbons (Fsp3) is 0.412. The molecule has 4 rings (SSSR count). The minimum Gasteiger partial charge on any atom is -0.493 e. The van der Waals surface area contributed by atoms with Crippen molar-refractivity contribution in [2.45, 2.75) is 38.8 Å². The predicted molar refractivity (Wildman–Crippen MR) is 91.1 cm³/mol. The maximum absolute atomic E-state index is 12.5. The number of nitrogens with one attached hydrogen (secondary N) is 1. The van der Waals surface area contributed by atoms with Gasteiger partial charge in [0.1, 0.15) is 11.8 Å². The molecule has 2 aromatic rings. The Labute approximate surface area is 138 Å². The number of benzene rings is 1. The lowest BCUT2D eigenvalue weighted by Gasteiger charge is -2.24. The van der Waals surface area contributed by atoms with Crippen LogP contribution in [0.1, 0.15) is 26.3 Å². The minimum absolute atomic E-state index is 0.144. The van der Waals surface area contributed by atoms with E-state index in [0.717, 1.165) is 28.0 Å². The van der Waals surface area contributed by atoms with E-state index in [1.807, 2.05) is 26.0 Å². The molecule has 118 valence electrons. The molecular weight excluding hydrogens is 310 g/mol. The van der Waals surface area contributed by atoms with Crippen molar-refractivity contribution in [2.24, 2.45) is 0 Å². The number of fused-ring (bicyclic) bond motifs is 3. The summed E-state index contributed by atoms with van der Waals surface area (Å²) < 4.78 is 6.68. The summed E-state index contributed by atoms with van der Waals surface area (Å²) in [6, 6.07) is 3.63. The number of thiazole rings is 1. The molecule has 2 aliphatic heterocycles. The van der Waals surface area contributed by atoms with Gasteiger partial charge in [0, 0.05) is 12.0 Å². The van der Waals surface area contributed by atoms with Gasteiger partial charge in [-0.25, -0.2) is 9.78 Å². The highest BCUT2D eigenvalue weighted by Crippen LogP contribution is 2.39. The Morgan fingerprint density at radius 2 is 2.30 bits per heavy atom. The zero-order valence-corrected chi connectivity index (χ0v) is 14.1. The van der Waals surface area contributed by atoms with E-state index in [1.54, 1.807) is 11.8 Å². The van der Waals surface area contributed by atoms with Crippen LogP contribution >= 0.6 is 11.3 Å². The Morgan fingerprint density at radius 1 is 1.48 bits per heavy atom. The second kappa shape index (κ2) is 4.87. The molecule has 1 aromatic carbocycles. The van der Waals surface area contributed by atoms with Gasteiger partial charge in [-0.2, -0.15) is 0 Å². The van der Waals surface area contributed by atoms with Gasteiger partial charge < -0.3 is 10.1 Å². The highest BCUT2D eigenvalue weighted by atomic mass is 32.1. The second-order valence-electron chi connectivity index (χ2n) is 6.30. The second-order valence-corrected chi connectivity index (χ2v) is 7.31. The molecule has 0 aliphatic carbocycles. The van der Waals surface area contributed by atoms with Crippen molar-refractivity contribution in [3.63, 3.8) is 0 Å². The van der Waals surface area contributed by atoms with E-state index in [1.165, 1.54) is 11.3 Å². The Hall–Kier alpha value is -2.26. The SMILES string of the molecule is CC#CC1N(c2nc3c4c(ccc3s2)OCC4)C(=O)NC1(C)C. The first-order valence-corrected chi connectivity index (χ1v) is 8.42. The van der Waals surface area contributed by atoms with Crippen LogP contribution in [-0.2, 0) is 6.42 Å². The fourth-order valence-corrected chi connectivity index (χ4v) is 4.21. The number of carbonyl (C=O) groups is 1. The molecule has 1 unspecified atom stereocenters. The van der Waals surface area contributed by atoms with Gasteiger partial charge in [0.05, 0.1) is 22.4 Å². The molecule has 5 nitrogen and oxygen atoms in total. The van der Waals surface area contributed by atoms with E-state index >= 15 is 0 Å². The molecule has 2 aliphatic rings. The Balaban J connectivity index is 1.85. The molecule has 0 saturated carbocycles. The number of carbonyl (C=O) groups excluding carboxylic acids is 1. The molecule has 1 N–H and O–H groups in total. The molecule has 0 spiro atoms. The average molecular weight is 327 g/mol. The lowest BCUT2D eigenvalue weighted by atomic mass is 9.97. The zero-order valence-electron chi connectivity index (χ0n) is 13.3. The van der Waals surface area contributed by atoms with Gasteiger partial charge in [-0.3, -0.25) is 4.90 Å². The number of rotatable bonds is 1. The third-order valence-corrected chi connectivity index (χ3v) is 5.32. The molecular formula is C17H17N3O2S. The molecule has 1 aromatic heterocycles. The third kappa shape index (κ3) is 2.07. The Kier molecular flexibility index (Phi) is 3.03. The molecule has 3 heterocycles. The molecule has 2 amide bonds. The molecule has 1 fully saturated rings. The third-order valence-electron chi connectivity index (χ3n) is 4.30. The summed E-state index contributed by atoms with van der Waals surface area (Å²) in [6.07, 6.45) is 0.867. The Bertz CT molecular complexity index is 875. The van der Waals surface area contributed by atoms with E-state index in [-0.39, 0.29) is 12.1 Å². The van der Waals surface area contributed by atoms with Crippen LogP contribution in [0.15, 0.2) is 12.1 Å². The maximum atomic E-state index is 12.5. The van der Waals surface area contributed by atoms with E-state index in [2.05, 4.69) is 17.2 Å². The number of anilines is 1. The molecule has 1 saturated heterocycles. The largest absolute Gasteiger partial charge is 0.493 e. The molecule has 6 heteroatoms. The van der Waals surface area contributed by atoms with E-state index in [0.29, 0.717) is 11.7 Å². The number of hydrogen-bond acceptors (Lipinski definition) is 4. The predicted octanol–water partition coefficient (Wildman–Crippen LogP) is 2.93. The molecule has 0 radical (unpaired) electrons. The smallest absolute Gasteiger partial charge is 0.325 e. The minimum atomic E-state index is -0.414. The Morgan fingerprint density at radius 3 is 3.09 bits per heavy atom. The van der Waals surface area contributed by atoms with Crippen molar-refractivity contribution in [2.75, 3.05) is 11.5 Å². The monoisotopic (exact) mass is 327 g/mol. The quantitative estimate of drug-likeness (QED) is 0.819. The van der Waals surface area contributed by atoms with Gasteiger partial charge in [0.25, 0.3) is 0 Å². The van der Waals surface area contributed by atoms with Crippen molar-refractivity contribution in [3.8, 4) is 17.6 Å². The lowest BCUT2D eigenvalue weighted by Crippen LogP contribution is -2.43. The highest BCUT2D eigenvalue weighted by Gasteiger charge is 2.46. The highest BCUT2D eigenvalue weighted by molar-refractivity contribution is 7.22. The number of hydrogen-bond donors (Lipinski definition) is 1. The van der Waals surface area contributed by atoms with Crippen molar-refractivity contribution < 1.29 is 9.53 Å². The first-order chi connectivity index (χ1) is 11.0. The molecule has 1 atom stereocenters. The van der Waals surface area contributed by atoms with Gasteiger partial charge >= 0.3 is 6.03 Å². The fourth-order valence-electron chi connectivity index (χ4n) is 3.18. The summed E-state index contributed by atoms with van der Waals surface area (Å²) in [7, 11) is 0. The molecule has 0 bridgehead atoms. The van der Waals surface area contributed by atoms with Gasteiger partial charge in [0.15, 0.2) is 5.13 Å². The van der Waals surface area contributed by atoms with Crippen LogP contribution in [0.4, 0.5) is 9.93 Å². The normalized spacial score (nSPS) is 21.6. The van der Waals surface area contributed by atoms with Crippen LogP contribution in [0.25, 0.3) is 10.2 Å². The van der Waals surface area contributed by atoms with Crippen molar-refractivity contribution in [3.05, 3.63) is 17.7 Å². The average Bonchev–Trinajstić information content (AvgIpc) is 3.15. The van der Waals surface area contributed by atoms with Crippen LogP contribution in [0.5, 0.6) is 5.75 Å². The van der Waals surface area contributed by atoms with Crippen molar-refractivity contribution in [1.29, 1.82) is 0 Å².